The van der Waals surface area contributed by atoms with E-state index in [-0.39, 0.29) is 7.58 Å². The molecule has 0 saturated carbocycles. The van der Waals surface area contributed by atoms with E-state index in [4.69, 9.17) is 9.59 Å². The zero-order valence-corrected chi connectivity index (χ0v) is 11.7. The molecule has 1 heterocycles. The predicted molar refractivity (Wildman–Crippen MR) is 75.1 cm³/mol. The average Bonchev–Trinajstić information content (AvgIpc) is 2.64. The highest BCUT2D eigenvalue weighted by atomic mass is 16.2. The maximum atomic E-state index is 8.12. The Balaban J connectivity index is 0.000000462. The first-order chi connectivity index (χ1) is 9.13. The fraction of sp³-hybridized carbons (Fsp3) is 0.562. The van der Waals surface area contributed by atoms with Gasteiger partial charge in [0, 0.05) is 1.43 Å². The van der Waals surface area contributed by atoms with E-state index in [0.717, 1.165) is 5.92 Å². The first-order valence-corrected chi connectivity index (χ1v) is 6.94. The van der Waals surface area contributed by atoms with Crippen molar-refractivity contribution in [2.45, 2.75) is 44.4 Å². The van der Waals surface area contributed by atoms with Crippen molar-refractivity contribution in [3.63, 3.8) is 0 Å². The summed E-state index contributed by atoms with van der Waals surface area (Å²) in [6, 6.07) is 7.09. The fourth-order valence-electron chi connectivity index (χ4n) is 3.74. The molecule has 1 aromatic rings. The SMILES string of the molecule is Cc1ccc2c(c1)C1(CCNCC1)CC2C.O=C=O.[HH]. The number of piperidine rings is 1. The van der Waals surface area contributed by atoms with E-state index >= 15 is 0 Å². The van der Waals surface area contributed by atoms with Gasteiger partial charge in [-0.3, -0.25) is 0 Å². The van der Waals surface area contributed by atoms with Crippen LogP contribution in [0.25, 0.3) is 0 Å². The molecule has 0 amide bonds. The van der Waals surface area contributed by atoms with Crippen LogP contribution in [0.3, 0.4) is 0 Å². The smallest absolute Gasteiger partial charge is 0.317 e. The summed E-state index contributed by atoms with van der Waals surface area (Å²) in [5.41, 5.74) is 5.21. The molecule has 1 aromatic carbocycles. The van der Waals surface area contributed by atoms with Crippen LogP contribution in [0, 0.1) is 6.92 Å². The van der Waals surface area contributed by atoms with Crippen LogP contribution in [0.4, 0.5) is 0 Å². The zero-order chi connectivity index (χ0) is 13.9. The lowest BCUT2D eigenvalue weighted by Gasteiger charge is -2.35. The van der Waals surface area contributed by atoms with Gasteiger partial charge >= 0.3 is 6.15 Å². The van der Waals surface area contributed by atoms with Crippen LogP contribution in [0.5, 0.6) is 0 Å². The van der Waals surface area contributed by atoms with E-state index in [1.54, 1.807) is 11.1 Å². The Hall–Kier alpha value is -1.44. The van der Waals surface area contributed by atoms with Crippen molar-refractivity contribution in [2.75, 3.05) is 13.1 Å². The highest BCUT2D eigenvalue weighted by Gasteiger charge is 2.42. The molecule has 3 rings (SSSR count). The number of benzene rings is 1. The first-order valence-electron chi connectivity index (χ1n) is 6.94. The molecule has 1 atom stereocenters. The van der Waals surface area contributed by atoms with E-state index in [9.17, 15) is 0 Å². The molecule has 0 bridgehead atoms. The molecule has 1 unspecified atom stereocenters. The van der Waals surface area contributed by atoms with Gasteiger partial charge in [0.25, 0.3) is 0 Å². The minimum atomic E-state index is 0. The van der Waals surface area contributed by atoms with Crippen molar-refractivity contribution in [3.05, 3.63) is 34.9 Å². The molecular formula is C16H23NO2. The normalized spacial score (nSPS) is 23.2. The minimum Gasteiger partial charge on any atom is -0.317 e. The van der Waals surface area contributed by atoms with E-state index in [0.29, 0.717) is 5.41 Å². The summed E-state index contributed by atoms with van der Waals surface area (Å²) < 4.78 is 0. The van der Waals surface area contributed by atoms with Gasteiger partial charge in [-0.25, -0.2) is 0 Å². The maximum Gasteiger partial charge on any atom is 0.373 e. The Morgan fingerprint density at radius 1 is 1.32 bits per heavy atom. The quantitative estimate of drug-likeness (QED) is 0.781. The number of hydrogen-bond donors (Lipinski definition) is 1. The standard InChI is InChI=1S/C15H21N.CO2.H2/c1-11-3-4-13-12(2)10-15(14(13)9-11)5-7-16-8-6-15;2-1-3;/h3-4,9,12,16H,5-8,10H2,1-2H3;;1H. The van der Waals surface area contributed by atoms with Gasteiger partial charge in [0.15, 0.2) is 0 Å². The van der Waals surface area contributed by atoms with Crippen LogP contribution >= 0.6 is 0 Å². The molecule has 1 aliphatic carbocycles. The molecule has 1 aliphatic heterocycles. The molecule has 2 aliphatic rings. The average molecular weight is 261 g/mol. The van der Waals surface area contributed by atoms with Gasteiger partial charge in [0.2, 0.25) is 0 Å². The summed E-state index contributed by atoms with van der Waals surface area (Å²) in [5, 5.41) is 3.50. The van der Waals surface area contributed by atoms with Crippen molar-refractivity contribution in [1.82, 2.24) is 5.32 Å². The molecule has 104 valence electrons. The molecule has 3 nitrogen and oxygen atoms in total. The monoisotopic (exact) mass is 261 g/mol. The lowest BCUT2D eigenvalue weighted by atomic mass is 9.73. The number of fused-ring (bicyclic) bond motifs is 2. The number of aryl methyl sites for hydroxylation is 1. The van der Waals surface area contributed by atoms with Gasteiger partial charge in [-0.15, -0.1) is 0 Å². The van der Waals surface area contributed by atoms with Crippen LogP contribution in [-0.4, -0.2) is 19.2 Å². The second-order valence-corrected chi connectivity index (χ2v) is 5.81. The van der Waals surface area contributed by atoms with Gasteiger partial charge in [-0.2, -0.15) is 9.59 Å². The van der Waals surface area contributed by atoms with Crippen LogP contribution in [0.1, 0.15) is 50.2 Å². The summed E-state index contributed by atoms with van der Waals surface area (Å²) in [6.45, 7) is 7.00. The van der Waals surface area contributed by atoms with Gasteiger partial charge in [0.05, 0.1) is 0 Å². The second kappa shape index (κ2) is 5.68. The Morgan fingerprint density at radius 2 is 1.95 bits per heavy atom. The highest BCUT2D eigenvalue weighted by molar-refractivity contribution is 5.44. The molecule has 19 heavy (non-hydrogen) atoms. The Kier molecular flexibility index (Phi) is 4.18. The summed E-state index contributed by atoms with van der Waals surface area (Å²) in [7, 11) is 0. The minimum absolute atomic E-state index is 0. The van der Waals surface area contributed by atoms with E-state index < -0.39 is 0 Å². The van der Waals surface area contributed by atoms with Crippen LogP contribution < -0.4 is 5.32 Å². The Bertz CT molecular complexity index is 489. The van der Waals surface area contributed by atoms with E-state index in [2.05, 4.69) is 37.4 Å². The third kappa shape index (κ3) is 2.63. The first kappa shape index (κ1) is 14.0. The zero-order valence-electron chi connectivity index (χ0n) is 11.7. The van der Waals surface area contributed by atoms with Gasteiger partial charge in [-0.1, -0.05) is 30.7 Å². The van der Waals surface area contributed by atoms with Gasteiger partial charge in [-0.05, 0) is 61.7 Å². The predicted octanol–water partition coefficient (Wildman–Crippen LogP) is 2.79. The molecule has 0 radical (unpaired) electrons. The third-order valence-corrected chi connectivity index (χ3v) is 4.57. The third-order valence-electron chi connectivity index (χ3n) is 4.57. The van der Waals surface area contributed by atoms with Crippen LogP contribution in [-0.2, 0) is 15.0 Å². The molecular weight excluding hydrogens is 238 g/mol. The molecule has 1 spiro atoms. The largest absolute Gasteiger partial charge is 0.373 e. The van der Waals surface area contributed by atoms with Crippen molar-refractivity contribution in [1.29, 1.82) is 0 Å². The Labute approximate surface area is 115 Å². The van der Waals surface area contributed by atoms with Gasteiger partial charge < -0.3 is 5.32 Å². The van der Waals surface area contributed by atoms with Crippen molar-refractivity contribution in [3.8, 4) is 0 Å². The molecule has 1 fully saturated rings. The summed E-state index contributed by atoms with van der Waals surface area (Å²) in [5.74, 6) is 0.758. The van der Waals surface area contributed by atoms with E-state index in [1.165, 1.54) is 37.9 Å². The fourth-order valence-corrected chi connectivity index (χ4v) is 3.74. The lowest BCUT2D eigenvalue weighted by molar-refractivity contribution is -0.191. The number of hydrogen-bond acceptors (Lipinski definition) is 3. The van der Waals surface area contributed by atoms with Crippen molar-refractivity contribution >= 4 is 6.15 Å². The summed E-state index contributed by atoms with van der Waals surface area (Å²) >= 11 is 0. The summed E-state index contributed by atoms with van der Waals surface area (Å²) in [6.07, 6.45) is 4.27. The lowest BCUT2D eigenvalue weighted by Crippen LogP contribution is -2.38. The van der Waals surface area contributed by atoms with E-state index in [1.807, 2.05) is 0 Å². The van der Waals surface area contributed by atoms with Gasteiger partial charge in [0.1, 0.15) is 0 Å². The number of carbonyl (C=O) groups excluding carboxylic acids is 2. The highest BCUT2D eigenvalue weighted by Crippen LogP contribution is 2.50. The maximum absolute atomic E-state index is 8.12. The van der Waals surface area contributed by atoms with Crippen LogP contribution in [0.2, 0.25) is 0 Å². The van der Waals surface area contributed by atoms with Crippen molar-refractivity contribution in [2.24, 2.45) is 0 Å². The molecule has 1 N–H and O–H groups in total. The molecule has 3 heteroatoms. The number of nitrogens with one attached hydrogen (secondary N) is 1. The van der Waals surface area contributed by atoms with Crippen molar-refractivity contribution < 1.29 is 11.0 Å². The molecule has 0 aromatic heterocycles. The summed E-state index contributed by atoms with van der Waals surface area (Å²) in [4.78, 5) is 16.2. The number of rotatable bonds is 0. The topological polar surface area (TPSA) is 46.2 Å². The second-order valence-electron chi connectivity index (χ2n) is 5.81. The Morgan fingerprint density at radius 3 is 2.58 bits per heavy atom. The molecule has 1 saturated heterocycles. The van der Waals surface area contributed by atoms with Crippen LogP contribution in [0.15, 0.2) is 18.2 Å².